The van der Waals surface area contributed by atoms with Gasteiger partial charge in [0.05, 0.1) is 0 Å². The second-order valence-electron chi connectivity index (χ2n) is 6.15. The average Bonchev–Trinajstić information content (AvgIpc) is 2.50. The molecule has 3 heteroatoms. The Morgan fingerprint density at radius 3 is 2.32 bits per heavy atom. The molecule has 1 N–H and O–H groups in total. The van der Waals surface area contributed by atoms with Gasteiger partial charge in [0.25, 0.3) is 0 Å². The normalized spacial score (nSPS) is 13.4. The van der Waals surface area contributed by atoms with Gasteiger partial charge >= 0.3 is 0 Å². The molecule has 22 heavy (non-hydrogen) atoms. The predicted octanol–water partition coefficient (Wildman–Crippen LogP) is 3.90. The maximum Gasteiger partial charge on any atom is 0.162 e. The molecule has 0 radical (unpaired) electrons. The highest BCUT2D eigenvalue weighted by Crippen LogP contribution is 2.32. The Morgan fingerprint density at radius 2 is 1.64 bits per heavy atom. The second-order valence-corrected chi connectivity index (χ2v) is 6.15. The lowest BCUT2D eigenvalue weighted by atomic mass is 10.1. The fourth-order valence-corrected chi connectivity index (χ4v) is 2.55. The molecule has 116 valence electrons. The first-order chi connectivity index (χ1) is 10.7. The van der Waals surface area contributed by atoms with Crippen LogP contribution in [0.3, 0.4) is 0 Å². The van der Waals surface area contributed by atoms with Gasteiger partial charge in [-0.25, -0.2) is 0 Å². The lowest BCUT2D eigenvalue weighted by molar-refractivity contribution is 0.237. The smallest absolute Gasteiger partial charge is 0.162 e. The van der Waals surface area contributed by atoms with Crippen molar-refractivity contribution < 1.29 is 9.47 Å². The predicted molar refractivity (Wildman–Crippen MR) is 88.1 cm³/mol. The molecule has 0 atom stereocenters. The zero-order valence-corrected chi connectivity index (χ0v) is 13.3. The van der Waals surface area contributed by atoms with E-state index in [4.69, 9.17) is 9.47 Å². The lowest BCUT2D eigenvalue weighted by Gasteiger charge is -2.19. The number of rotatable bonds is 4. The molecule has 0 aromatic heterocycles. The van der Waals surface area contributed by atoms with E-state index in [9.17, 15) is 0 Å². The average molecular weight is 297 g/mol. The van der Waals surface area contributed by atoms with E-state index in [2.05, 4.69) is 43.4 Å². The molecule has 1 heterocycles. The van der Waals surface area contributed by atoms with Gasteiger partial charge in [-0.2, -0.15) is 0 Å². The number of hydrogen-bond acceptors (Lipinski definition) is 3. The van der Waals surface area contributed by atoms with E-state index in [1.54, 1.807) is 0 Å². The summed E-state index contributed by atoms with van der Waals surface area (Å²) in [5.74, 6) is 2.31. The molecule has 0 aliphatic carbocycles. The first kappa shape index (κ1) is 14.9. The molecule has 0 saturated carbocycles. The molecule has 3 nitrogen and oxygen atoms in total. The molecule has 0 bridgehead atoms. The molecule has 0 amide bonds. The van der Waals surface area contributed by atoms with E-state index in [1.165, 1.54) is 16.7 Å². The fraction of sp³-hybridized carbons (Fsp3) is 0.368. The zero-order chi connectivity index (χ0) is 15.4. The molecule has 0 saturated heterocycles. The van der Waals surface area contributed by atoms with Crippen molar-refractivity contribution in [3.63, 3.8) is 0 Å². The van der Waals surface area contributed by atoms with E-state index in [0.717, 1.165) is 24.6 Å². The van der Waals surface area contributed by atoms with Crippen LogP contribution in [0.5, 0.6) is 11.5 Å². The Kier molecular flexibility index (Phi) is 4.64. The quantitative estimate of drug-likeness (QED) is 0.928. The largest absolute Gasteiger partial charge is 0.485 e. The van der Waals surface area contributed by atoms with Crippen LogP contribution < -0.4 is 14.8 Å². The summed E-state index contributed by atoms with van der Waals surface area (Å²) in [6.45, 7) is 7.48. The highest BCUT2D eigenvalue weighted by Gasteiger charge is 2.13. The van der Waals surface area contributed by atoms with Crippen LogP contribution in [0.2, 0.25) is 0 Å². The van der Waals surface area contributed by atoms with Gasteiger partial charge in [0.1, 0.15) is 13.2 Å². The van der Waals surface area contributed by atoms with E-state index < -0.39 is 0 Å². The Morgan fingerprint density at radius 1 is 0.955 bits per heavy atom. The fourth-order valence-electron chi connectivity index (χ4n) is 2.55. The van der Waals surface area contributed by atoms with E-state index in [0.29, 0.717) is 19.1 Å². The van der Waals surface area contributed by atoms with Crippen LogP contribution >= 0.6 is 0 Å². The van der Waals surface area contributed by atoms with Crippen LogP contribution in [-0.4, -0.2) is 6.54 Å². The molecule has 2 aromatic rings. The molecule has 3 rings (SSSR count). The zero-order valence-electron chi connectivity index (χ0n) is 13.3. The van der Waals surface area contributed by atoms with Crippen molar-refractivity contribution in [2.24, 2.45) is 5.92 Å². The monoisotopic (exact) mass is 297 g/mol. The van der Waals surface area contributed by atoms with Crippen LogP contribution in [0, 0.1) is 5.92 Å². The highest BCUT2D eigenvalue weighted by molar-refractivity contribution is 5.44. The van der Waals surface area contributed by atoms with Crippen molar-refractivity contribution in [3.05, 3.63) is 59.2 Å². The Labute approximate surface area is 132 Å². The summed E-state index contributed by atoms with van der Waals surface area (Å²) in [6, 6.07) is 14.5. The van der Waals surface area contributed by atoms with Crippen LogP contribution in [0.25, 0.3) is 0 Å². The summed E-state index contributed by atoms with van der Waals surface area (Å²) in [5.41, 5.74) is 3.60. The minimum Gasteiger partial charge on any atom is -0.485 e. The van der Waals surface area contributed by atoms with Crippen LogP contribution in [0.4, 0.5) is 0 Å². The second kappa shape index (κ2) is 6.84. The van der Waals surface area contributed by atoms with E-state index in [1.807, 2.05) is 18.2 Å². The first-order valence-electron chi connectivity index (χ1n) is 7.88. The minimum atomic E-state index is 0.593. The van der Waals surface area contributed by atoms with Gasteiger partial charge in [-0.15, -0.1) is 0 Å². The lowest BCUT2D eigenvalue weighted by Crippen LogP contribution is -2.19. The Bertz CT molecular complexity index is 637. The molecular formula is C19H23NO2. The van der Waals surface area contributed by atoms with Gasteiger partial charge in [-0.1, -0.05) is 44.2 Å². The highest BCUT2D eigenvalue weighted by atomic mass is 16.5. The van der Waals surface area contributed by atoms with Gasteiger partial charge in [0.2, 0.25) is 0 Å². The molecule has 2 aromatic carbocycles. The van der Waals surface area contributed by atoms with Crippen molar-refractivity contribution in [3.8, 4) is 11.5 Å². The standard InChI is InChI=1S/C19H23NO2/c1-14(2)10-20-11-15-7-8-18-19(9-15)22-13-17-6-4-3-5-16(17)12-21-18/h3-9,14,20H,10-13H2,1-2H3. The topological polar surface area (TPSA) is 30.5 Å². The number of ether oxygens (including phenoxy) is 2. The molecule has 0 spiro atoms. The molecule has 1 aliphatic heterocycles. The van der Waals surface area contributed by atoms with Gasteiger partial charge in [0.15, 0.2) is 11.5 Å². The molecule has 0 unspecified atom stereocenters. The maximum atomic E-state index is 5.97. The van der Waals surface area contributed by atoms with Gasteiger partial charge in [-0.05, 0) is 41.3 Å². The third kappa shape index (κ3) is 3.60. The van der Waals surface area contributed by atoms with Crippen LogP contribution in [0.1, 0.15) is 30.5 Å². The van der Waals surface area contributed by atoms with Crippen molar-refractivity contribution in [2.45, 2.75) is 33.6 Å². The summed E-state index contributed by atoms with van der Waals surface area (Å²) in [4.78, 5) is 0. The number of fused-ring (bicyclic) bond motifs is 2. The van der Waals surface area contributed by atoms with Crippen LogP contribution in [-0.2, 0) is 19.8 Å². The number of hydrogen-bond donors (Lipinski definition) is 1. The molecule has 1 aliphatic rings. The van der Waals surface area contributed by atoms with E-state index >= 15 is 0 Å². The summed E-state index contributed by atoms with van der Waals surface area (Å²) in [6.07, 6.45) is 0. The number of benzene rings is 2. The summed E-state index contributed by atoms with van der Waals surface area (Å²) in [5, 5.41) is 3.46. The first-order valence-corrected chi connectivity index (χ1v) is 7.88. The van der Waals surface area contributed by atoms with Gasteiger partial charge < -0.3 is 14.8 Å². The van der Waals surface area contributed by atoms with E-state index in [-0.39, 0.29) is 0 Å². The summed E-state index contributed by atoms with van der Waals surface area (Å²) >= 11 is 0. The number of nitrogens with one attached hydrogen (secondary N) is 1. The SMILES string of the molecule is CC(C)CNCc1ccc2c(c1)OCc1ccccc1CO2. The van der Waals surface area contributed by atoms with Crippen molar-refractivity contribution in [1.82, 2.24) is 5.32 Å². The van der Waals surface area contributed by atoms with Crippen molar-refractivity contribution in [1.29, 1.82) is 0 Å². The molecular weight excluding hydrogens is 274 g/mol. The van der Waals surface area contributed by atoms with Gasteiger partial charge in [0, 0.05) is 6.54 Å². The van der Waals surface area contributed by atoms with Gasteiger partial charge in [-0.3, -0.25) is 0 Å². The summed E-state index contributed by atoms with van der Waals surface area (Å²) < 4.78 is 11.9. The third-order valence-corrected chi connectivity index (χ3v) is 3.77. The summed E-state index contributed by atoms with van der Waals surface area (Å²) in [7, 11) is 0. The minimum absolute atomic E-state index is 0.593. The molecule has 0 fully saturated rings. The Balaban J connectivity index is 1.72. The van der Waals surface area contributed by atoms with Crippen molar-refractivity contribution in [2.75, 3.05) is 6.54 Å². The third-order valence-electron chi connectivity index (χ3n) is 3.77. The van der Waals surface area contributed by atoms with Crippen LogP contribution in [0.15, 0.2) is 42.5 Å². The maximum absolute atomic E-state index is 5.97. The Hall–Kier alpha value is -2.00. The van der Waals surface area contributed by atoms with Crippen molar-refractivity contribution >= 4 is 0 Å².